The van der Waals surface area contributed by atoms with Crippen LogP contribution in [0, 0.1) is 0 Å². The number of para-hydroxylation sites is 2. The fourth-order valence-electron chi connectivity index (χ4n) is 3.12. The first-order chi connectivity index (χ1) is 14.1. The van der Waals surface area contributed by atoms with Gasteiger partial charge in [0.2, 0.25) is 5.96 Å². The van der Waals surface area contributed by atoms with Gasteiger partial charge >= 0.3 is 12.4 Å². The quantitative estimate of drug-likeness (QED) is 0.419. The second-order valence-electron chi connectivity index (χ2n) is 6.57. The van der Waals surface area contributed by atoms with Crippen LogP contribution in [0.1, 0.15) is 11.1 Å². The van der Waals surface area contributed by atoms with Crippen LogP contribution in [0.3, 0.4) is 0 Å². The van der Waals surface area contributed by atoms with Crippen molar-refractivity contribution in [3.05, 3.63) is 77.9 Å². The highest BCUT2D eigenvalue weighted by Gasteiger charge is 2.37. The summed E-state index contributed by atoms with van der Waals surface area (Å²) in [4.78, 5) is 4.36. The largest absolute Gasteiger partial charge is 0.416 e. The summed E-state index contributed by atoms with van der Waals surface area (Å²) in [6, 6.07) is 15.5. The fourth-order valence-corrected chi connectivity index (χ4v) is 3.12. The van der Waals surface area contributed by atoms with Gasteiger partial charge < -0.3 is 10.6 Å². The highest BCUT2D eigenvalue weighted by molar-refractivity contribution is 6.09. The standard InChI is InChI=1S/C21H13F6N3/c22-20(23,24)12-9-13(21(25,26)27)11-14(10-12)28-19-29-17-7-3-1-5-15(17)16-6-2-4-8-18(16)30-19/h1-11H,(H2,28,29,30). The third-order valence-corrected chi connectivity index (χ3v) is 4.46. The molecule has 2 N–H and O–H groups in total. The van der Waals surface area contributed by atoms with E-state index in [-0.39, 0.29) is 17.7 Å². The molecular weight excluding hydrogens is 408 g/mol. The molecule has 0 fully saturated rings. The van der Waals surface area contributed by atoms with Crippen LogP contribution in [-0.4, -0.2) is 5.96 Å². The van der Waals surface area contributed by atoms with Crippen molar-refractivity contribution in [2.45, 2.75) is 12.4 Å². The summed E-state index contributed by atoms with van der Waals surface area (Å²) >= 11 is 0. The monoisotopic (exact) mass is 421 g/mol. The van der Waals surface area contributed by atoms with Gasteiger partial charge in [0, 0.05) is 22.5 Å². The lowest BCUT2D eigenvalue weighted by molar-refractivity contribution is -0.143. The van der Waals surface area contributed by atoms with Gasteiger partial charge in [-0.25, -0.2) is 4.99 Å². The SMILES string of the molecule is FC(F)(F)c1cc(NC2=Nc3ccccc3-c3ccccc3N2)cc(C(F)(F)F)c1. The molecule has 0 spiro atoms. The molecule has 0 radical (unpaired) electrons. The molecule has 154 valence electrons. The van der Waals surface area contributed by atoms with Gasteiger partial charge in [0.15, 0.2) is 0 Å². The highest BCUT2D eigenvalue weighted by Crippen LogP contribution is 2.39. The van der Waals surface area contributed by atoms with E-state index in [9.17, 15) is 26.3 Å². The Labute approximate surface area is 167 Å². The van der Waals surface area contributed by atoms with Crippen LogP contribution < -0.4 is 10.6 Å². The fraction of sp³-hybridized carbons (Fsp3) is 0.0952. The zero-order valence-electron chi connectivity index (χ0n) is 15.1. The normalized spacial score (nSPS) is 13.5. The molecule has 30 heavy (non-hydrogen) atoms. The third kappa shape index (κ3) is 3.96. The number of anilines is 2. The number of alkyl halides is 6. The minimum atomic E-state index is -4.93. The van der Waals surface area contributed by atoms with Crippen LogP contribution >= 0.6 is 0 Å². The zero-order chi connectivity index (χ0) is 21.5. The number of rotatable bonds is 1. The lowest BCUT2D eigenvalue weighted by Gasteiger charge is -2.16. The molecule has 0 unspecified atom stereocenters. The number of hydrogen-bond donors (Lipinski definition) is 2. The summed E-state index contributed by atoms with van der Waals surface area (Å²) in [7, 11) is 0. The summed E-state index contributed by atoms with van der Waals surface area (Å²) in [5, 5.41) is 5.51. The van der Waals surface area contributed by atoms with E-state index in [0.29, 0.717) is 23.5 Å². The summed E-state index contributed by atoms with van der Waals surface area (Å²) in [5.74, 6) is -0.000140. The Balaban J connectivity index is 1.79. The van der Waals surface area contributed by atoms with Gasteiger partial charge in [-0.3, -0.25) is 0 Å². The predicted octanol–water partition coefficient (Wildman–Crippen LogP) is 6.92. The molecule has 0 amide bonds. The van der Waals surface area contributed by atoms with E-state index < -0.39 is 23.5 Å². The molecule has 9 heteroatoms. The van der Waals surface area contributed by atoms with Crippen LogP contribution in [0.4, 0.5) is 43.4 Å². The first-order valence-corrected chi connectivity index (χ1v) is 8.72. The molecule has 3 nitrogen and oxygen atoms in total. The van der Waals surface area contributed by atoms with Crippen molar-refractivity contribution in [1.29, 1.82) is 0 Å². The Kier molecular flexibility index (Phi) is 4.68. The van der Waals surface area contributed by atoms with E-state index in [4.69, 9.17) is 0 Å². The van der Waals surface area contributed by atoms with Crippen LogP contribution in [-0.2, 0) is 12.4 Å². The maximum atomic E-state index is 13.1. The van der Waals surface area contributed by atoms with Crippen molar-refractivity contribution < 1.29 is 26.3 Å². The molecule has 0 saturated heterocycles. The predicted molar refractivity (Wildman–Crippen MR) is 103 cm³/mol. The van der Waals surface area contributed by atoms with Crippen molar-refractivity contribution in [3.63, 3.8) is 0 Å². The number of benzene rings is 3. The van der Waals surface area contributed by atoms with Gasteiger partial charge in [-0.2, -0.15) is 26.3 Å². The maximum absolute atomic E-state index is 13.1. The van der Waals surface area contributed by atoms with Gasteiger partial charge in [-0.15, -0.1) is 0 Å². The number of aliphatic imine (C=N–C) groups is 1. The van der Waals surface area contributed by atoms with Gasteiger partial charge in [-0.05, 0) is 30.3 Å². The summed E-state index contributed by atoms with van der Waals surface area (Å²) in [6.07, 6.45) is -9.87. The highest BCUT2D eigenvalue weighted by atomic mass is 19.4. The molecule has 3 aromatic rings. The molecule has 1 heterocycles. The minimum Gasteiger partial charge on any atom is -0.326 e. The Bertz CT molecular complexity index is 1100. The molecule has 4 rings (SSSR count). The number of hydrogen-bond acceptors (Lipinski definition) is 3. The number of nitrogens with zero attached hydrogens (tertiary/aromatic N) is 1. The first kappa shape index (κ1) is 19.8. The van der Waals surface area contributed by atoms with E-state index in [2.05, 4.69) is 15.6 Å². The van der Waals surface area contributed by atoms with Crippen molar-refractivity contribution in [2.75, 3.05) is 10.6 Å². The molecule has 0 aromatic heterocycles. The summed E-state index contributed by atoms with van der Waals surface area (Å²) in [6.45, 7) is 0. The Morgan fingerprint density at radius 1 is 0.700 bits per heavy atom. The Morgan fingerprint density at radius 2 is 1.27 bits per heavy atom. The second kappa shape index (κ2) is 7.08. The van der Waals surface area contributed by atoms with Crippen LogP contribution in [0.25, 0.3) is 11.1 Å². The van der Waals surface area contributed by atoms with Crippen LogP contribution in [0.5, 0.6) is 0 Å². The smallest absolute Gasteiger partial charge is 0.326 e. The molecule has 0 atom stereocenters. The number of guanidine groups is 1. The topological polar surface area (TPSA) is 36.4 Å². The molecule has 0 saturated carbocycles. The van der Waals surface area contributed by atoms with E-state index in [0.717, 1.165) is 11.1 Å². The number of halogens is 6. The van der Waals surface area contributed by atoms with E-state index in [1.807, 2.05) is 24.3 Å². The van der Waals surface area contributed by atoms with Crippen molar-refractivity contribution in [3.8, 4) is 11.1 Å². The first-order valence-electron chi connectivity index (χ1n) is 8.72. The van der Waals surface area contributed by atoms with Crippen molar-refractivity contribution in [2.24, 2.45) is 4.99 Å². The van der Waals surface area contributed by atoms with Crippen molar-refractivity contribution in [1.82, 2.24) is 0 Å². The van der Waals surface area contributed by atoms with E-state index in [1.165, 1.54) is 0 Å². The summed E-state index contributed by atoms with van der Waals surface area (Å²) in [5.41, 5.74) is -0.506. The van der Waals surface area contributed by atoms with Gasteiger partial charge in [-0.1, -0.05) is 36.4 Å². The zero-order valence-corrected chi connectivity index (χ0v) is 15.1. The molecule has 0 bridgehead atoms. The Hall–Kier alpha value is -3.49. The second-order valence-corrected chi connectivity index (χ2v) is 6.57. The van der Waals surface area contributed by atoms with Gasteiger partial charge in [0.1, 0.15) is 0 Å². The molecular formula is C21H13F6N3. The molecule has 1 aliphatic heterocycles. The number of fused-ring (bicyclic) bond motifs is 3. The molecule has 0 aliphatic carbocycles. The van der Waals surface area contributed by atoms with E-state index in [1.54, 1.807) is 24.3 Å². The van der Waals surface area contributed by atoms with Crippen molar-refractivity contribution >= 4 is 23.0 Å². The molecule has 3 aromatic carbocycles. The third-order valence-electron chi connectivity index (χ3n) is 4.46. The minimum absolute atomic E-state index is 0.000140. The lowest BCUT2D eigenvalue weighted by atomic mass is 10.0. The van der Waals surface area contributed by atoms with Gasteiger partial charge in [0.25, 0.3) is 0 Å². The Morgan fingerprint density at radius 3 is 1.90 bits per heavy atom. The van der Waals surface area contributed by atoms with Gasteiger partial charge in [0.05, 0.1) is 16.8 Å². The van der Waals surface area contributed by atoms with Crippen LogP contribution in [0.2, 0.25) is 0 Å². The van der Waals surface area contributed by atoms with E-state index >= 15 is 0 Å². The number of nitrogens with one attached hydrogen (secondary N) is 2. The average molecular weight is 421 g/mol. The molecule has 1 aliphatic rings. The average Bonchev–Trinajstić information content (AvgIpc) is 2.82. The van der Waals surface area contributed by atoms with Crippen LogP contribution in [0.15, 0.2) is 71.7 Å². The lowest BCUT2D eigenvalue weighted by Crippen LogP contribution is -2.22. The summed E-state index contributed by atoms with van der Waals surface area (Å²) < 4.78 is 78.8. The maximum Gasteiger partial charge on any atom is 0.416 e.